The van der Waals surface area contributed by atoms with Crippen LogP contribution in [0, 0.1) is 11.3 Å². The van der Waals surface area contributed by atoms with E-state index in [1.54, 1.807) is 7.11 Å². The molecule has 0 atom stereocenters. The number of nitriles is 1. The summed E-state index contributed by atoms with van der Waals surface area (Å²) in [5, 5.41) is 11.0. The quantitative estimate of drug-likeness (QED) is 0.617. The number of aryl methyl sites for hydroxylation is 1. The number of hydrogen-bond acceptors (Lipinski definition) is 4. The number of aromatic nitrogens is 4. The second-order valence-corrected chi connectivity index (χ2v) is 5.32. The first-order valence-corrected chi connectivity index (χ1v) is 7.08. The van der Waals surface area contributed by atoms with Crippen molar-refractivity contribution in [1.82, 2.24) is 19.5 Å². The van der Waals surface area contributed by atoms with Crippen molar-refractivity contribution in [2.24, 2.45) is 7.05 Å². The van der Waals surface area contributed by atoms with Crippen molar-refractivity contribution in [3.63, 3.8) is 0 Å². The van der Waals surface area contributed by atoms with Gasteiger partial charge in [0.15, 0.2) is 5.69 Å². The normalized spacial score (nSPS) is 11.0. The van der Waals surface area contributed by atoms with Gasteiger partial charge in [0.05, 0.1) is 12.5 Å². The van der Waals surface area contributed by atoms with Crippen molar-refractivity contribution in [2.45, 2.75) is 0 Å². The zero-order chi connectivity index (χ0) is 16.0. The van der Waals surface area contributed by atoms with Crippen LogP contribution < -0.4 is 4.74 Å². The third kappa shape index (κ3) is 1.94. The number of ether oxygens (including phenoxy) is 1. The highest BCUT2D eigenvalue weighted by atomic mass is 16.5. The number of methoxy groups -OCH3 is 1. The lowest BCUT2D eigenvalue weighted by Gasteiger charge is -2.01. The van der Waals surface area contributed by atoms with Crippen LogP contribution >= 0.6 is 0 Å². The van der Waals surface area contributed by atoms with Crippen LogP contribution in [0.15, 0.2) is 36.8 Å². The molecule has 0 fully saturated rings. The van der Waals surface area contributed by atoms with Gasteiger partial charge in [-0.05, 0) is 24.3 Å². The molecule has 1 aromatic carbocycles. The number of benzene rings is 1. The lowest BCUT2D eigenvalue weighted by atomic mass is 10.1. The predicted molar refractivity (Wildman–Crippen MR) is 87.1 cm³/mol. The molecule has 0 aliphatic carbocycles. The lowest BCUT2D eigenvalue weighted by Crippen LogP contribution is -1.85. The number of rotatable bonds is 2. The van der Waals surface area contributed by atoms with Gasteiger partial charge in [0.2, 0.25) is 0 Å². The van der Waals surface area contributed by atoms with E-state index < -0.39 is 0 Å². The third-order valence-corrected chi connectivity index (χ3v) is 4.02. The zero-order valence-electron chi connectivity index (χ0n) is 12.7. The van der Waals surface area contributed by atoms with E-state index in [4.69, 9.17) is 4.74 Å². The number of nitrogens with one attached hydrogen (secondary N) is 1. The van der Waals surface area contributed by atoms with Crippen LogP contribution in [0.3, 0.4) is 0 Å². The Morgan fingerprint density at radius 3 is 2.87 bits per heavy atom. The maximum atomic E-state index is 9.18. The molecule has 0 saturated heterocycles. The molecule has 3 heterocycles. The van der Waals surface area contributed by atoms with Gasteiger partial charge < -0.3 is 14.3 Å². The maximum Gasteiger partial charge on any atom is 0.153 e. The summed E-state index contributed by atoms with van der Waals surface area (Å²) in [6.07, 6.45) is 3.45. The van der Waals surface area contributed by atoms with E-state index in [0.717, 1.165) is 33.3 Å². The van der Waals surface area contributed by atoms with Gasteiger partial charge in [0.1, 0.15) is 23.8 Å². The van der Waals surface area contributed by atoms with E-state index in [0.29, 0.717) is 11.3 Å². The van der Waals surface area contributed by atoms with Crippen LogP contribution in [0.5, 0.6) is 5.75 Å². The fourth-order valence-electron chi connectivity index (χ4n) is 2.89. The summed E-state index contributed by atoms with van der Waals surface area (Å²) >= 11 is 0. The van der Waals surface area contributed by atoms with Crippen LogP contribution in [-0.4, -0.2) is 26.6 Å². The Balaban J connectivity index is 2.01. The molecule has 0 spiro atoms. The van der Waals surface area contributed by atoms with Gasteiger partial charge in [-0.2, -0.15) is 5.26 Å². The maximum absolute atomic E-state index is 9.18. The lowest BCUT2D eigenvalue weighted by molar-refractivity contribution is 0.415. The Bertz CT molecular complexity index is 1080. The second kappa shape index (κ2) is 4.85. The van der Waals surface area contributed by atoms with Crippen molar-refractivity contribution in [3.8, 4) is 23.1 Å². The first kappa shape index (κ1) is 13.3. The van der Waals surface area contributed by atoms with Crippen LogP contribution in [0.4, 0.5) is 0 Å². The molecule has 4 rings (SSSR count). The van der Waals surface area contributed by atoms with Crippen LogP contribution in [0.25, 0.3) is 33.2 Å². The summed E-state index contributed by atoms with van der Waals surface area (Å²) in [6, 6.07) is 9.99. The fourth-order valence-corrected chi connectivity index (χ4v) is 2.89. The summed E-state index contributed by atoms with van der Waals surface area (Å²) in [5.74, 6) is 0.804. The number of aromatic amines is 1. The van der Waals surface area contributed by atoms with Crippen LogP contribution in [0.2, 0.25) is 0 Å². The molecule has 0 amide bonds. The molecule has 3 aromatic heterocycles. The fraction of sp³-hybridized carbons (Fsp3) is 0.118. The van der Waals surface area contributed by atoms with Gasteiger partial charge >= 0.3 is 0 Å². The number of H-pyrrole nitrogens is 1. The molecule has 0 unspecified atom stereocenters. The largest absolute Gasteiger partial charge is 0.497 e. The highest BCUT2D eigenvalue weighted by Gasteiger charge is 2.14. The molecule has 0 radical (unpaired) electrons. The molecule has 0 aliphatic heterocycles. The van der Waals surface area contributed by atoms with Crippen LogP contribution in [0.1, 0.15) is 5.69 Å². The van der Waals surface area contributed by atoms with Gasteiger partial charge in [-0.15, -0.1) is 0 Å². The van der Waals surface area contributed by atoms with Gasteiger partial charge in [-0.3, -0.25) is 0 Å². The zero-order valence-corrected chi connectivity index (χ0v) is 12.7. The first-order valence-electron chi connectivity index (χ1n) is 7.08. The molecule has 0 saturated carbocycles. The van der Waals surface area contributed by atoms with E-state index in [1.165, 1.54) is 6.33 Å². The van der Waals surface area contributed by atoms with Crippen LogP contribution in [-0.2, 0) is 7.05 Å². The van der Waals surface area contributed by atoms with E-state index in [1.807, 2.05) is 37.5 Å². The summed E-state index contributed by atoms with van der Waals surface area (Å²) in [4.78, 5) is 11.5. The number of hydrogen-bond donors (Lipinski definition) is 1. The van der Waals surface area contributed by atoms with E-state index in [2.05, 4.69) is 25.6 Å². The average molecular weight is 303 g/mol. The Kier molecular flexibility index (Phi) is 2.81. The molecule has 23 heavy (non-hydrogen) atoms. The summed E-state index contributed by atoms with van der Waals surface area (Å²) in [6.45, 7) is 0. The Hall–Kier alpha value is -3.33. The Morgan fingerprint density at radius 1 is 1.22 bits per heavy atom. The third-order valence-electron chi connectivity index (χ3n) is 4.02. The van der Waals surface area contributed by atoms with Crippen molar-refractivity contribution in [3.05, 3.63) is 42.5 Å². The number of fused-ring (bicyclic) bond motifs is 2. The average Bonchev–Trinajstić information content (AvgIpc) is 3.15. The van der Waals surface area contributed by atoms with E-state index >= 15 is 0 Å². The predicted octanol–water partition coefficient (Wildman–Crippen LogP) is 3.00. The minimum absolute atomic E-state index is 0.371. The highest BCUT2D eigenvalue weighted by molar-refractivity contribution is 5.99. The standard InChI is InChI=1S/C17H13N5O/c1-22-8-13(11-5-10(23-2)3-4-16(11)22)14-6-12-15(7-18)19-9-20-17(12)21-14/h3-6,8-9H,1-2H3,(H,19,20,21). The Morgan fingerprint density at radius 2 is 2.09 bits per heavy atom. The second-order valence-electron chi connectivity index (χ2n) is 5.32. The molecular formula is C17H13N5O. The molecule has 1 N–H and O–H groups in total. The molecule has 6 heteroatoms. The van der Waals surface area contributed by atoms with E-state index in [-0.39, 0.29) is 0 Å². The summed E-state index contributed by atoms with van der Waals surface area (Å²) < 4.78 is 7.39. The molecule has 0 bridgehead atoms. The van der Waals surface area contributed by atoms with Crippen molar-refractivity contribution in [1.29, 1.82) is 5.26 Å². The molecule has 0 aliphatic rings. The van der Waals surface area contributed by atoms with Crippen molar-refractivity contribution < 1.29 is 4.74 Å². The minimum atomic E-state index is 0.371. The summed E-state index contributed by atoms with van der Waals surface area (Å²) in [7, 11) is 3.66. The molecule has 112 valence electrons. The highest BCUT2D eigenvalue weighted by Crippen LogP contribution is 2.33. The molecule has 6 nitrogen and oxygen atoms in total. The molecular weight excluding hydrogens is 290 g/mol. The van der Waals surface area contributed by atoms with Gasteiger partial charge in [0.25, 0.3) is 0 Å². The Labute approximate surface area is 132 Å². The SMILES string of the molecule is COc1ccc2c(c1)c(-c1cc3c(C#N)ncnc3[nH]1)cn2C. The van der Waals surface area contributed by atoms with Gasteiger partial charge in [0, 0.05) is 35.4 Å². The van der Waals surface area contributed by atoms with Gasteiger partial charge in [-0.1, -0.05) is 0 Å². The topological polar surface area (TPSA) is 79.5 Å². The van der Waals surface area contributed by atoms with Crippen molar-refractivity contribution >= 4 is 21.9 Å². The first-order chi connectivity index (χ1) is 11.2. The number of nitrogens with zero attached hydrogens (tertiary/aromatic N) is 4. The van der Waals surface area contributed by atoms with Gasteiger partial charge in [-0.25, -0.2) is 9.97 Å². The van der Waals surface area contributed by atoms with Crippen molar-refractivity contribution in [2.75, 3.05) is 7.11 Å². The molecule has 4 aromatic rings. The smallest absolute Gasteiger partial charge is 0.153 e. The van der Waals surface area contributed by atoms with E-state index in [9.17, 15) is 5.26 Å². The minimum Gasteiger partial charge on any atom is -0.497 e. The monoisotopic (exact) mass is 303 g/mol. The summed E-state index contributed by atoms with van der Waals surface area (Å²) in [5.41, 5.74) is 4.06.